The van der Waals surface area contributed by atoms with Crippen LogP contribution < -0.4 is 9.62 Å². The van der Waals surface area contributed by atoms with E-state index in [1.807, 2.05) is 57.2 Å². The minimum absolute atomic E-state index is 0.0793. The molecule has 0 radical (unpaired) electrons. The lowest BCUT2D eigenvalue weighted by Gasteiger charge is -2.32. The fourth-order valence-electron chi connectivity index (χ4n) is 4.58. The van der Waals surface area contributed by atoms with E-state index in [-0.39, 0.29) is 31.3 Å². The van der Waals surface area contributed by atoms with E-state index in [4.69, 9.17) is 11.6 Å². The molecule has 1 aliphatic heterocycles. The van der Waals surface area contributed by atoms with Crippen LogP contribution in [-0.4, -0.2) is 43.3 Å². The van der Waals surface area contributed by atoms with Gasteiger partial charge in [-0.25, -0.2) is 8.42 Å². The standard InChI is InChI=1S/C28H32ClN3O4S/c1-19(27(34)30-28(2,3)4)31(18-21-10-5-6-13-22(21)29)25(33)16-9-17-32-23-14-7-11-20-12-8-15-24(26(20)23)37(32,35)36/h5-8,10-15,19H,9,16-18H2,1-4H3,(H,30,34)/t19-/m0/s1. The van der Waals surface area contributed by atoms with Crippen molar-refractivity contribution in [3.8, 4) is 0 Å². The highest BCUT2D eigenvalue weighted by Crippen LogP contribution is 2.42. The Morgan fingerprint density at radius 2 is 1.70 bits per heavy atom. The summed E-state index contributed by atoms with van der Waals surface area (Å²) in [6.45, 7) is 7.67. The number of anilines is 1. The van der Waals surface area contributed by atoms with Crippen LogP contribution in [0.5, 0.6) is 0 Å². The Hall–Kier alpha value is -3.10. The van der Waals surface area contributed by atoms with Crippen LogP contribution in [0.1, 0.15) is 46.1 Å². The molecule has 0 bridgehead atoms. The summed E-state index contributed by atoms with van der Waals surface area (Å²) in [6.07, 6.45) is 0.380. The predicted molar refractivity (Wildman–Crippen MR) is 147 cm³/mol. The minimum Gasteiger partial charge on any atom is -0.350 e. The Bertz CT molecular complexity index is 1440. The highest BCUT2D eigenvalue weighted by molar-refractivity contribution is 7.93. The van der Waals surface area contributed by atoms with Crippen molar-refractivity contribution < 1.29 is 18.0 Å². The maximum absolute atomic E-state index is 13.4. The molecule has 0 aliphatic carbocycles. The summed E-state index contributed by atoms with van der Waals surface area (Å²) in [6, 6.07) is 17.2. The first-order chi connectivity index (χ1) is 17.4. The molecule has 3 aromatic rings. The topological polar surface area (TPSA) is 86.8 Å². The van der Waals surface area contributed by atoms with Gasteiger partial charge in [-0.3, -0.25) is 13.9 Å². The monoisotopic (exact) mass is 541 g/mol. The van der Waals surface area contributed by atoms with E-state index in [0.717, 1.165) is 10.9 Å². The third-order valence-corrected chi connectivity index (χ3v) is 8.62. The largest absolute Gasteiger partial charge is 0.350 e. The highest BCUT2D eigenvalue weighted by atomic mass is 35.5. The fraction of sp³-hybridized carbons (Fsp3) is 0.357. The van der Waals surface area contributed by atoms with Gasteiger partial charge in [-0.05, 0) is 63.3 Å². The van der Waals surface area contributed by atoms with Gasteiger partial charge in [-0.2, -0.15) is 0 Å². The molecule has 3 aromatic carbocycles. The van der Waals surface area contributed by atoms with Crippen molar-refractivity contribution in [2.24, 2.45) is 0 Å². The number of nitrogens with one attached hydrogen (secondary N) is 1. The van der Waals surface area contributed by atoms with Gasteiger partial charge in [-0.1, -0.05) is 54.1 Å². The molecule has 37 heavy (non-hydrogen) atoms. The number of nitrogens with zero attached hydrogens (tertiary/aromatic N) is 2. The van der Waals surface area contributed by atoms with Crippen molar-refractivity contribution in [1.82, 2.24) is 10.2 Å². The summed E-state index contributed by atoms with van der Waals surface area (Å²) < 4.78 is 27.9. The lowest BCUT2D eigenvalue weighted by Crippen LogP contribution is -2.52. The molecule has 7 nitrogen and oxygen atoms in total. The molecule has 9 heteroatoms. The molecule has 4 rings (SSSR count). The summed E-state index contributed by atoms with van der Waals surface area (Å²) in [7, 11) is -3.69. The molecule has 2 amide bonds. The van der Waals surface area contributed by atoms with Gasteiger partial charge in [0.15, 0.2) is 0 Å². The van der Waals surface area contributed by atoms with Crippen LogP contribution in [0.4, 0.5) is 5.69 Å². The zero-order valence-electron chi connectivity index (χ0n) is 21.5. The van der Waals surface area contributed by atoms with Crippen LogP contribution >= 0.6 is 11.6 Å². The van der Waals surface area contributed by atoms with Crippen LogP contribution in [0.3, 0.4) is 0 Å². The smallest absolute Gasteiger partial charge is 0.265 e. The summed E-state index contributed by atoms with van der Waals surface area (Å²) in [4.78, 5) is 28.2. The predicted octanol–water partition coefficient (Wildman–Crippen LogP) is 5.11. The fourth-order valence-corrected chi connectivity index (χ4v) is 6.53. The number of halogens is 1. The second-order valence-corrected chi connectivity index (χ2v) is 12.6. The maximum Gasteiger partial charge on any atom is 0.265 e. The van der Waals surface area contributed by atoms with Crippen LogP contribution in [-0.2, 0) is 26.2 Å². The van der Waals surface area contributed by atoms with E-state index in [0.29, 0.717) is 27.4 Å². The van der Waals surface area contributed by atoms with Crippen LogP contribution in [0.2, 0.25) is 5.02 Å². The molecule has 1 N–H and O–H groups in total. The van der Waals surface area contributed by atoms with Gasteiger partial charge in [0, 0.05) is 35.5 Å². The van der Waals surface area contributed by atoms with Gasteiger partial charge in [0.2, 0.25) is 11.8 Å². The van der Waals surface area contributed by atoms with Crippen molar-refractivity contribution in [2.75, 3.05) is 10.8 Å². The van der Waals surface area contributed by atoms with E-state index < -0.39 is 21.6 Å². The van der Waals surface area contributed by atoms with E-state index >= 15 is 0 Å². The van der Waals surface area contributed by atoms with Gasteiger partial charge in [0.25, 0.3) is 10.0 Å². The van der Waals surface area contributed by atoms with E-state index in [9.17, 15) is 18.0 Å². The van der Waals surface area contributed by atoms with Crippen molar-refractivity contribution in [1.29, 1.82) is 0 Å². The van der Waals surface area contributed by atoms with Crippen LogP contribution in [0.25, 0.3) is 10.8 Å². The summed E-state index contributed by atoms with van der Waals surface area (Å²) in [5, 5.41) is 5.02. The van der Waals surface area contributed by atoms with Gasteiger partial charge < -0.3 is 10.2 Å². The molecule has 0 aromatic heterocycles. The molecule has 1 heterocycles. The third-order valence-electron chi connectivity index (χ3n) is 6.40. The number of benzene rings is 3. The number of amides is 2. The summed E-state index contributed by atoms with van der Waals surface area (Å²) in [5.74, 6) is -0.513. The minimum atomic E-state index is -3.69. The highest BCUT2D eigenvalue weighted by Gasteiger charge is 2.35. The first-order valence-corrected chi connectivity index (χ1v) is 14.1. The quantitative estimate of drug-likeness (QED) is 0.429. The normalized spacial score (nSPS) is 15.0. The SMILES string of the molecule is C[C@@H](C(=O)NC(C)(C)C)N(Cc1ccccc1Cl)C(=O)CCCN1c2cccc3cccc(c23)S1(=O)=O. The molecule has 1 aliphatic rings. The average molecular weight is 542 g/mol. The lowest BCUT2D eigenvalue weighted by molar-refractivity contribution is -0.141. The molecule has 0 saturated heterocycles. The molecule has 0 unspecified atom stereocenters. The molecular formula is C28H32ClN3O4S. The number of sulfonamides is 1. The second-order valence-electron chi connectivity index (χ2n) is 10.3. The Labute approximate surface area is 223 Å². The van der Waals surface area contributed by atoms with E-state index in [1.54, 1.807) is 31.2 Å². The molecule has 1 atom stereocenters. The zero-order valence-corrected chi connectivity index (χ0v) is 23.1. The first-order valence-electron chi connectivity index (χ1n) is 12.3. The second kappa shape index (κ2) is 10.3. The summed E-state index contributed by atoms with van der Waals surface area (Å²) in [5.41, 5.74) is 0.911. The average Bonchev–Trinajstić information content (AvgIpc) is 3.05. The molecule has 0 fully saturated rings. The van der Waals surface area contributed by atoms with Crippen LogP contribution in [0, 0.1) is 0 Å². The molecular weight excluding hydrogens is 510 g/mol. The number of hydrogen-bond acceptors (Lipinski definition) is 4. The van der Waals surface area contributed by atoms with Gasteiger partial charge >= 0.3 is 0 Å². The summed E-state index contributed by atoms with van der Waals surface area (Å²) >= 11 is 6.36. The Morgan fingerprint density at radius 1 is 1.03 bits per heavy atom. The van der Waals surface area contributed by atoms with Gasteiger partial charge in [0.05, 0.1) is 10.6 Å². The lowest BCUT2D eigenvalue weighted by atomic mass is 10.1. The van der Waals surface area contributed by atoms with Crippen molar-refractivity contribution in [2.45, 2.75) is 63.6 Å². The third kappa shape index (κ3) is 5.60. The number of rotatable bonds is 8. The Morgan fingerprint density at radius 3 is 2.38 bits per heavy atom. The molecule has 0 spiro atoms. The van der Waals surface area contributed by atoms with E-state index in [1.165, 1.54) is 9.21 Å². The zero-order chi connectivity index (χ0) is 27.0. The molecule has 0 saturated carbocycles. The Kier molecular flexibility index (Phi) is 7.53. The van der Waals surface area contributed by atoms with E-state index in [2.05, 4.69) is 5.32 Å². The maximum atomic E-state index is 13.4. The van der Waals surface area contributed by atoms with Gasteiger partial charge in [0.1, 0.15) is 6.04 Å². The van der Waals surface area contributed by atoms with Crippen molar-refractivity contribution in [3.63, 3.8) is 0 Å². The van der Waals surface area contributed by atoms with Crippen molar-refractivity contribution >= 4 is 49.9 Å². The Balaban J connectivity index is 1.51. The van der Waals surface area contributed by atoms with Crippen molar-refractivity contribution in [3.05, 3.63) is 71.2 Å². The van der Waals surface area contributed by atoms with Crippen LogP contribution in [0.15, 0.2) is 65.6 Å². The number of carbonyl (C=O) groups is 2. The first kappa shape index (κ1) is 26.9. The van der Waals surface area contributed by atoms with Gasteiger partial charge in [-0.15, -0.1) is 0 Å². The molecule has 196 valence electrons. The number of carbonyl (C=O) groups excluding carboxylic acids is 2. The number of hydrogen-bond donors (Lipinski definition) is 1.